The summed E-state index contributed by atoms with van der Waals surface area (Å²) >= 11 is 0. The van der Waals surface area contributed by atoms with Gasteiger partial charge in [0.1, 0.15) is 0 Å². The van der Waals surface area contributed by atoms with Crippen LogP contribution in [0.5, 0.6) is 0 Å². The van der Waals surface area contributed by atoms with Crippen molar-refractivity contribution in [3.8, 4) is 0 Å². The van der Waals surface area contributed by atoms with E-state index in [4.69, 9.17) is 5.73 Å². The molecule has 0 aromatic rings. The van der Waals surface area contributed by atoms with Crippen LogP contribution in [0.2, 0.25) is 0 Å². The van der Waals surface area contributed by atoms with Gasteiger partial charge in [0.15, 0.2) is 0 Å². The molecule has 0 unspecified atom stereocenters. The molecule has 94 valence electrons. The summed E-state index contributed by atoms with van der Waals surface area (Å²) in [6, 6.07) is 0. The van der Waals surface area contributed by atoms with Crippen LogP contribution in [0.25, 0.3) is 0 Å². The zero-order valence-corrected chi connectivity index (χ0v) is 10.1. The molecule has 0 aliphatic carbocycles. The number of rotatable bonds is 8. The zero-order valence-electron chi connectivity index (χ0n) is 10.1. The standard InChI is InChI=1S/C10H22N4O2/c1-12-9(15)3-6-14(8-5-11)7-4-10(16)13-2/h3-8,11H2,1-2H3,(H,12,15)(H,13,16). The number of nitrogens with two attached hydrogens (primary N) is 1. The average molecular weight is 230 g/mol. The number of hydrogen-bond donors (Lipinski definition) is 3. The summed E-state index contributed by atoms with van der Waals surface area (Å²) < 4.78 is 0. The molecule has 0 heterocycles. The average Bonchev–Trinajstić information content (AvgIpc) is 2.31. The Kier molecular flexibility index (Phi) is 8.46. The Morgan fingerprint density at radius 1 is 1.00 bits per heavy atom. The van der Waals surface area contributed by atoms with Crippen molar-refractivity contribution in [1.29, 1.82) is 0 Å². The molecule has 4 N–H and O–H groups in total. The van der Waals surface area contributed by atoms with E-state index in [1.165, 1.54) is 0 Å². The highest BCUT2D eigenvalue weighted by atomic mass is 16.2. The summed E-state index contributed by atoms with van der Waals surface area (Å²) in [5, 5.41) is 5.12. The number of carbonyl (C=O) groups is 2. The highest BCUT2D eigenvalue weighted by Gasteiger charge is 2.08. The lowest BCUT2D eigenvalue weighted by atomic mass is 10.3. The lowest BCUT2D eigenvalue weighted by Crippen LogP contribution is -2.36. The maximum absolute atomic E-state index is 11.1. The molecule has 0 aliphatic heterocycles. The van der Waals surface area contributed by atoms with Crippen molar-refractivity contribution in [3.05, 3.63) is 0 Å². The van der Waals surface area contributed by atoms with E-state index < -0.39 is 0 Å². The molecule has 0 atom stereocenters. The molecular formula is C10H22N4O2. The Morgan fingerprint density at radius 2 is 1.44 bits per heavy atom. The molecule has 0 fully saturated rings. The first-order chi connectivity index (χ1) is 7.63. The van der Waals surface area contributed by atoms with E-state index in [1.54, 1.807) is 14.1 Å². The van der Waals surface area contributed by atoms with Crippen LogP contribution in [0, 0.1) is 0 Å². The molecule has 6 nitrogen and oxygen atoms in total. The van der Waals surface area contributed by atoms with E-state index in [9.17, 15) is 9.59 Å². The van der Waals surface area contributed by atoms with Crippen molar-refractivity contribution >= 4 is 11.8 Å². The molecule has 0 spiro atoms. The third-order valence-electron chi connectivity index (χ3n) is 2.31. The minimum absolute atomic E-state index is 0.00182. The van der Waals surface area contributed by atoms with Gasteiger partial charge in [-0.25, -0.2) is 0 Å². The largest absolute Gasteiger partial charge is 0.359 e. The van der Waals surface area contributed by atoms with Crippen LogP contribution in [-0.2, 0) is 9.59 Å². The van der Waals surface area contributed by atoms with Crippen molar-refractivity contribution < 1.29 is 9.59 Å². The molecule has 6 heteroatoms. The Labute approximate surface area is 96.5 Å². The lowest BCUT2D eigenvalue weighted by molar-refractivity contribution is -0.120. The molecule has 0 rings (SSSR count). The summed E-state index contributed by atoms with van der Waals surface area (Å²) in [5.41, 5.74) is 5.46. The number of amides is 2. The van der Waals surface area contributed by atoms with Gasteiger partial charge in [0.05, 0.1) is 0 Å². The first-order valence-electron chi connectivity index (χ1n) is 5.47. The zero-order chi connectivity index (χ0) is 12.4. The van der Waals surface area contributed by atoms with Gasteiger partial charge in [0, 0.05) is 53.1 Å². The molecule has 0 saturated carbocycles. The van der Waals surface area contributed by atoms with Crippen molar-refractivity contribution in [2.45, 2.75) is 12.8 Å². The van der Waals surface area contributed by atoms with Gasteiger partial charge in [-0.2, -0.15) is 0 Å². The van der Waals surface area contributed by atoms with E-state index in [1.807, 2.05) is 4.90 Å². The smallest absolute Gasteiger partial charge is 0.221 e. The fourth-order valence-electron chi connectivity index (χ4n) is 1.29. The van der Waals surface area contributed by atoms with E-state index >= 15 is 0 Å². The molecule has 0 aliphatic rings. The van der Waals surface area contributed by atoms with Gasteiger partial charge in [-0.05, 0) is 0 Å². The van der Waals surface area contributed by atoms with E-state index in [0.29, 0.717) is 39.0 Å². The fourth-order valence-corrected chi connectivity index (χ4v) is 1.29. The number of hydrogen-bond acceptors (Lipinski definition) is 4. The summed E-state index contributed by atoms with van der Waals surface area (Å²) in [4.78, 5) is 24.2. The normalized spacial score (nSPS) is 10.2. The van der Waals surface area contributed by atoms with Crippen LogP contribution < -0.4 is 16.4 Å². The van der Waals surface area contributed by atoms with Crippen LogP contribution in [0.3, 0.4) is 0 Å². The van der Waals surface area contributed by atoms with Crippen LogP contribution in [0.4, 0.5) is 0 Å². The maximum Gasteiger partial charge on any atom is 0.221 e. The van der Waals surface area contributed by atoms with Gasteiger partial charge in [0.25, 0.3) is 0 Å². The van der Waals surface area contributed by atoms with Gasteiger partial charge in [0.2, 0.25) is 11.8 Å². The number of carbonyl (C=O) groups excluding carboxylic acids is 2. The third-order valence-corrected chi connectivity index (χ3v) is 2.31. The van der Waals surface area contributed by atoms with Gasteiger partial charge in [-0.3, -0.25) is 9.59 Å². The second kappa shape index (κ2) is 9.11. The highest BCUT2D eigenvalue weighted by Crippen LogP contribution is 1.94. The quantitative estimate of drug-likeness (QED) is 0.474. The Bertz CT molecular complexity index is 201. The molecule has 0 aromatic carbocycles. The van der Waals surface area contributed by atoms with Crippen molar-refractivity contribution in [2.24, 2.45) is 5.73 Å². The molecule has 2 amide bonds. The molecule has 0 radical (unpaired) electrons. The summed E-state index contributed by atoms with van der Waals surface area (Å²) in [7, 11) is 3.22. The lowest BCUT2D eigenvalue weighted by Gasteiger charge is -2.20. The van der Waals surface area contributed by atoms with Crippen molar-refractivity contribution in [2.75, 3.05) is 40.3 Å². The predicted octanol–water partition coefficient (Wildman–Crippen LogP) is -1.48. The monoisotopic (exact) mass is 230 g/mol. The number of nitrogens with one attached hydrogen (secondary N) is 2. The fraction of sp³-hybridized carbons (Fsp3) is 0.800. The molecule has 16 heavy (non-hydrogen) atoms. The molecule has 0 aromatic heterocycles. The van der Waals surface area contributed by atoms with E-state index in [2.05, 4.69) is 10.6 Å². The number of nitrogens with zero attached hydrogens (tertiary/aromatic N) is 1. The van der Waals surface area contributed by atoms with Crippen molar-refractivity contribution in [3.63, 3.8) is 0 Å². The topological polar surface area (TPSA) is 87.5 Å². The summed E-state index contributed by atoms with van der Waals surface area (Å²) in [6.07, 6.45) is 0.870. The highest BCUT2D eigenvalue weighted by molar-refractivity contribution is 5.76. The second-order valence-corrected chi connectivity index (χ2v) is 3.48. The molecule has 0 saturated heterocycles. The van der Waals surface area contributed by atoms with E-state index in [0.717, 1.165) is 0 Å². The van der Waals surface area contributed by atoms with Gasteiger partial charge < -0.3 is 21.3 Å². The first kappa shape index (κ1) is 14.9. The maximum atomic E-state index is 11.1. The van der Waals surface area contributed by atoms with Gasteiger partial charge in [-0.15, -0.1) is 0 Å². The summed E-state index contributed by atoms with van der Waals surface area (Å²) in [5.74, 6) is 0.00364. The third kappa shape index (κ3) is 7.19. The van der Waals surface area contributed by atoms with Crippen LogP contribution >= 0.6 is 0 Å². The minimum Gasteiger partial charge on any atom is -0.359 e. The predicted molar refractivity (Wildman–Crippen MR) is 62.9 cm³/mol. The van der Waals surface area contributed by atoms with Gasteiger partial charge in [-0.1, -0.05) is 0 Å². The Hall–Kier alpha value is -1.14. The first-order valence-corrected chi connectivity index (χ1v) is 5.47. The van der Waals surface area contributed by atoms with Crippen LogP contribution in [0.1, 0.15) is 12.8 Å². The van der Waals surface area contributed by atoms with Crippen LogP contribution in [-0.4, -0.2) is 57.0 Å². The molecular weight excluding hydrogens is 208 g/mol. The molecule has 0 bridgehead atoms. The SMILES string of the molecule is CNC(=O)CCN(CCN)CCC(=O)NC. The summed E-state index contributed by atoms with van der Waals surface area (Å²) in [6.45, 7) is 2.50. The Morgan fingerprint density at radius 3 is 1.75 bits per heavy atom. The van der Waals surface area contributed by atoms with Crippen molar-refractivity contribution in [1.82, 2.24) is 15.5 Å². The van der Waals surface area contributed by atoms with E-state index in [-0.39, 0.29) is 11.8 Å². The van der Waals surface area contributed by atoms with Gasteiger partial charge >= 0.3 is 0 Å². The minimum atomic E-state index is 0.00182. The van der Waals surface area contributed by atoms with Crippen LogP contribution in [0.15, 0.2) is 0 Å². The Balaban J connectivity index is 3.87. The second-order valence-electron chi connectivity index (χ2n) is 3.48.